The van der Waals surface area contributed by atoms with Crippen molar-refractivity contribution >= 4 is 26.0 Å². The number of hydrogen-bond acceptors (Lipinski definition) is 3. The van der Waals surface area contributed by atoms with Crippen molar-refractivity contribution in [2.75, 3.05) is 12.4 Å². The van der Waals surface area contributed by atoms with Crippen molar-refractivity contribution in [1.29, 1.82) is 0 Å². The average molecular weight is 354 g/mol. The molecule has 0 unspecified atom stereocenters. The second kappa shape index (κ2) is 7.81. The zero-order valence-corrected chi connectivity index (χ0v) is 12.8. The van der Waals surface area contributed by atoms with E-state index in [1.807, 2.05) is 0 Å². The predicted molar refractivity (Wildman–Crippen MR) is 76.0 cm³/mol. The molecule has 0 fully saturated rings. The zero-order valence-electron chi connectivity index (χ0n) is 10.4. The molecule has 0 spiro atoms. The van der Waals surface area contributed by atoms with Crippen LogP contribution in [0.4, 0.5) is 4.39 Å². The number of ether oxygens (including phenoxy) is 1. The lowest BCUT2D eigenvalue weighted by molar-refractivity contribution is 0.290. The minimum Gasteiger partial charge on any atom is -0.490 e. The molecule has 0 aliphatic carbocycles. The number of sulfonamides is 1. The van der Waals surface area contributed by atoms with Gasteiger partial charge >= 0.3 is 0 Å². The van der Waals surface area contributed by atoms with Crippen molar-refractivity contribution in [3.05, 3.63) is 28.5 Å². The number of unbranched alkanes of at least 4 members (excludes halogenated alkanes) is 3. The van der Waals surface area contributed by atoms with Crippen molar-refractivity contribution in [2.45, 2.75) is 25.7 Å². The second-order valence-electron chi connectivity index (χ2n) is 4.20. The quantitative estimate of drug-likeness (QED) is 0.730. The van der Waals surface area contributed by atoms with Crippen LogP contribution in [0, 0.1) is 5.82 Å². The van der Waals surface area contributed by atoms with Crippen LogP contribution in [-0.2, 0) is 10.0 Å². The van der Waals surface area contributed by atoms with E-state index in [-0.39, 0.29) is 11.5 Å². The summed E-state index contributed by atoms with van der Waals surface area (Å²) in [6.07, 6.45) is 2.88. The standard InChI is InChI=1S/C12H17BrFNO3S/c13-10-5-6-11(14)12(9-10)18-7-3-1-2-4-8-19(15,16)17/h5-6,9H,1-4,7-8H2,(H2,15,16,17). The number of benzene rings is 1. The van der Waals surface area contributed by atoms with Crippen LogP contribution in [0.15, 0.2) is 22.7 Å². The molecule has 1 rings (SSSR count). The van der Waals surface area contributed by atoms with Gasteiger partial charge in [0.1, 0.15) is 0 Å². The Morgan fingerprint density at radius 1 is 1.21 bits per heavy atom. The Balaban J connectivity index is 2.16. The first-order valence-corrected chi connectivity index (χ1v) is 8.47. The Labute approximate surface area is 121 Å². The van der Waals surface area contributed by atoms with E-state index in [1.165, 1.54) is 6.07 Å². The highest BCUT2D eigenvalue weighted by Crippen LogP contribution is 2.22. The molecule has 0 aromatic heterocycles. The molecule has 0 aliphatic rings. The lowest BCUT2D eigenvalue weighted by atomic mass is 10.2. The lowest BCUT2D eigenvalue weighted by Crippen LogP contribution is -2.16. The SMILES string of the molecule is NS(=O)(=O)CCCCCCOc1cc(Br)ccc1F. The Morgan fingerprint density at radius 2 is 1.89 bits per heavy atom. The minimum atomic E-state index is -3.36. The molecule has 1 aromatic rings. The molecule has 0 saturated heterocycles. The Kier molecular flexibility index (Phi) is 6.74. The summed E-state index contributed by atoms with van der Waals surface area (Å²) in [5, 5.41) is 4.88. The highest BCUT2D eigenvalue weighted by Gasteiger charge is 2.04. The third-order valence-corrected chi connectivity index (χ3v) is 3.82. The van der Waals surface area contributed by atoms with E-state index in [1.54, 1.807) is 12.1 Å². The first-order valence-electron chi connectivity index (χ1n) is 5.97. The van der Waals surface area contributed by atoms with Gasteiger partial charge in [0.15, 0.2) is 11.6 Å². The van der Waals surface area contributed by atoms with Gasteiger partial charge in [0, 0.05) is 4.47 Å². The summed E-state index contributed by atoms with van der Waals surface area (Å²) in [4.78, 5) is 0. The molecule has 19 heavy (non-hydrogen) atoms. The van der Waals surface area contributed by atoms with E-state index in [0.29, 0.717) is 13.0 Å². The highest BCUT2D eigenvalue weighted by atomic mass is 79.9. The normalized spacial score (nSPS) is 11.5. The Bertz CT molecular complexity index is 508. The molecule has 108 valence electrons. The van der Waals surface area contributed by atoms with Gasteiger partial charge in [0.25, 0.3) is 0 Å². The number of nitrogens with two attached hydrogens (primary N) is 1. The van der Waals surface area contributed by atoms with E-state index in [9.17, 15) is 12.8 Å². The molecule has 0 amide bonds. The summed E-state index contributed by atoms with van der Waals surface area (Å²) in [6, 6.07) is 4.53. The first-order chi connectivity index (χ1) is 8.88. The maximum Gasteiger partial charge on any atom is 0.209 e. The maximum atomic E-state index is 13.3. The largest absolute Gasteiger partial charge is 0.490 e. The van der Waals surface area contributed by atoms with Crippen molar-refractivity contribution in [3.8, 4) is 5.75 Å². The maximum absolute atomic E-state index is 13.3. The molecule has 0 atom stereocenters. The first kappa shape index (κ1) is 16.4. The smallest absolute Gasteiger partial charge is 0.209 e. The van der Waals surface area contributed by atoms with E-state index in [2.05, 4.69) is 15.9 Å². The summed E-state index contributed by atoms with van der Waals surface area (Å²) in [5.74, 6) is -0.162. The zero-order chi connectivity index (χ0) is 14.3. The number of rotatable bonds is 8. The van der Waals surface area contributed by atoms with Crippen molar-refractivity contribution in [3.63, 3.8) is 0 Å². The van der Waals surface area contributed by atoms with Gasteiger partial charge in [-0.1, -0.05) is 28.8 Å². The van der Waals surface area contributed by atoms with E-state index in [0.717, 1.165) is 23.7 Å². The summed E-state index contributed by atoms with van der Waals surface area (Å²) < 4.78 is 40.7. The minimum absolute atomic E-state index is 0.00805. The van der Waals surface area contributed by atoms with Gasteiger partial charge in [0.05, 0.1) is 12.4 Å². The van der Waals surface area contributed by atoms with Gasteiger partial charge in [-0.05, 0) is 31.0 Å². The lowest BCUT2D eigenvalue weighted by Gasteiger charge is -2.07. The number of halogens is 2. The monoisotopic (exact) mass is 353 g/mol. The molecule has 0 saturated carbocycles. The third-order valence-electron chi connectivity index (χ3n) is 2.47. The summed E-state index contributed by atoms with van der Waals surface area (Å²) in [5.41, 5.74) is 0. The van der Waals surface area contributed by atoms with Crippen LogP contribution in [0.1, 0.15) is 25.7 Å². The van der Waals surface area contributed by atoms with E-state index >= 15 is 0 Å². The van der Waals surface area contributed by atoms with Crippen LogP contribution in [-0.4, -0.2) is 20.8 Å². The topological polar surface area (TPSA) is 69.4 Å². The molecule has 1 aromatic carbocycles. The highest BCUT2D eigenvalue weighted by molar-refractivity contribution is 9.10. The predicted octanol–water partition coefficient (Wildman–Crippen LogP) is 2.82. The fraction of sp³-hybridized carbons (Fsp3) is 0.500. The average Bonchev–Trinajstić information content (AvgIpc) is 2.31. The van der Waals surface area contributed by atoms with Crippen LogP contribution >= 0.6 is 15.9 Å². The van der Waals surface area contributed by atoms with Gasteiger partial charge in [0.2, 0.25) is 10.0 Å². The molecular weight excluding hydrogens is 337 g/mol. The van der Waals surface area contributed by atoms with Crippen LogP contribution < -0.4 is 9.88 Å². The molecule has 0 aliphatic heterocycles. The summed E-state index contributed by atoms with van der Waals surface area (Å²) >= 11 is 3.24. The fourth-order valence-corrected chi connectivity index (χ4v) is 2.48. The molecule has 0 bridgehead atoms. The molecule has 0 radical (unpaired) electrons. The Morgan fingerprint density at radius 3 is 2.58 bits per heavy atom. The molecule has 7 heteroatoms. The van der Waals surface area contributed by atoms with Crippen molar-refractivity contribution < 1.29 is 17.5 Å². The van der Waals surface area contributed by atoms with Gasteiger partial charge in [-0.15, -0.1) is 0 Å². The van der Waals surface area contributed by atoms with Crippen molar-refractivity contribution in [1.82, 2.24) is 0 Å². The number of hydrogen-bond donors (Lipinski definition) is 1. The van der Waals surface area contributed by atoms with Crippen LogP contribution in [0.5, 0.6) is 5.75 Å². The van der Waals surface area contributed by atoms with Crippen LogP contribution in [0.2, 0.25) is 0 Å². The van der Waals surface area contributed by atoms with Gasteiger partial charge in [-0.2, -0.15) is 0 Å². The second-order valence-corrected chi connectivity index (χ2v) is 6.85. The van der Waals surface area contributed by atoms with Crippen molar-refractivity contribution in [2.24, 2.45) is 5.14 Å². The summed E-state index contributed by atoms with van der Waals surface area (Å²) in [6.45, 7) is 0.406. The van der Waals surface area contributed by atoms with Gasteiger partial charge < -0.3 is 4.74 Å². The van der Waals surface area contributed by atoms with E-state index < -0.39 is 15.8 Å². The molecule has 4 nitrogen and oxygen atoms in total. The van der Waals surface area contributed by atoms with Crippen LogP contribution in [0.25, 0.3) is 0 Å². The van der Waals surface area contributed by atoms with Gasteiger partial charge in [-0.25, -0.2) is 17.9 Å². The van der Waals surface area contributed by atoms with Gasteiger partial charge in [-0.3, -0.25) is 0 Å². The molecular formula is C12H17BrFNO3S. The molecule has 0 heterocycles. The number of primary sulfonamides is 1. The van der Waals surface area contributed by atoms with Crippen LogP contribution in [0.3, 0.4) is 0 Å². The fourth-order valence-electron chi connectivity index (χ4n) is 1.53. The Hall–Kier alpha value is -0.660. The van der Waals surface area contributed by atoms with E-state index in [4.69, 9.17) is 9.88 Å². The third kappa shape index (κ3) is 7.49. The molecule has 2 N–H and O–H groups in total. The summed E-state index contributed by atoms with van der Waals surface area (Å²) in [7, 11) is -3.36.